The van der Waals surface area contributed by atoms with Gasteiger partial charge in [-0.3, -0.25) is 9.78 Å². The first-order valence-corrected chi connectivity index (χ1v) is 8.96. The van der Waals surface area contributed by atoms with Gasteiger partial charge >= 0.3 is 0 Å². The van der Waals surface area contributed by atoms with Crippen LogP contribution in [-0.4, -0.2) is 39.0 Å². The Kier molecular flexibility index (Phi) is 4.63. The molecule has 0 spiro atoms. The van der Waals surface area contributed by atoms with E-state index in [-0.39, 0.29) is 11.8 Å². The van der Waals surface area contributed by atoms with Gasteiger partial charge < -0.3 is 10.0 Å². The van der Waals surface area contributed by atoms with E-state index in [9.17, 15) is 9.90 Å². The maximum atomic E-state index is 12.8. The molecule has 0 saturated carbocycles. The molecule has 0 unspecified atom stereocenters. The van der Waals surface area contributed by atoms with Crippen LogP contribution in [0.4, 0.5) is 0 Å². The van der Waals surface area contributed by atoms with Crippen molar-refractivity contribution in [3.63, 3.8) is 0 Å². The zero-order chi connectivity index (χ0) is 17.9. The van der Waals surface area contributed by atoms with Crippen molar-refractivity contribution >= 4 is 16.9 Å². The quantitative estimate of drug-likeness (QED) is 0.790. The highest BCUT2D eigenvalue weighted by atomic mass is 16.3. The number of aliphatic hydroxyl groups excluding tert-OH is 1. The average molecular weight is 347 g/mol. The Balaban J connectivity index is 1.43. The lowest BCUT2D eigenvalue weighted by atomic mass is 9.87. The molecule has 132 valence electrons. The number of fused-ring (bicyclic) bond motifs is 1. The fraction of sp³-hybridized carbons (Fsp3) is 0.286. The molecule has 1 N–H and O–H groups in total. The third-order valence-electron chi connectivity index (χ3n) is 5.08. The summed E-state index contributed by atoms with van der Waals surface area (Å²) in [4.78, 5) is 23.3. The van der Waals surface area contributed by atoms with Crippen LogP contribution in [0.5, 0.6) is 0 Å². The van der Waals surface area contributed by atoms with E-state index in [0.29, 0.717) is 18.8 Å². The van der Waals surface area contributed by atoms with Crippen LogP contribution < -0.4 is 0 Å². The summed E-state index contributed by atoms with van der Waals surface area (Å²) in [5, 5.41) is 10.6. The summed E-state index contributed by atoms with van der Waals surface area (Å²) >= 11 is 0. The van der Waals surface area contributed by atoms with Gasteiger partial charge in [0, 0.05) is 13.1 Å². The van der Waals surface area contributed by atoms with E-state index < -0.39 is 6.10 Å². The van der Waals surface area contributed by atoms with Gasteiger partial charge in [0.15, 0.2) is 0 Å². The predicted molar refractivity (Wildman–Crippen MR) is 99.6 cm³/mol. The van der Waals surface area contributed by atoms with Gasteiger partial charge in [-0.1, -0.05) is 42.5 Å². The number of aliphatic hydroxyl groups is 1. The molecule has 2 aromatic carbocycles. The van der Waals surface area contributed by atoms with Gasteiger partial charge in [-0.2, -0.15) is 0 Å². The zero-order valence-electron chi connectivity index (χ0n) is 14.5. The molecule has 0 aliphatic carbocycles. The van der Waals surface area contributed by atoms with Gasteiger partial charge in [-0.15, -0.1) is 0 Å². The Labute approximate surface area is 152 Å². The number of carbonyl (C=O) groups is 1. The fourth-order valence-electron chi connectivity index (χ4n) is 3.56. The molecule has 1 fully saturated rings. The number of hydrogen-bond acceptors (Lipinski definition) is 4. The Morgan fingerprint density at radius 3 is 2.38 bits per heavy atom. The lowest BCUT2D eigenvalue weighted by molar-refractivity contribution is 0.0458. The number of piperidine rings is 1. The standard InChI is InChI=1S/C21H21N3O2/c25-20(15-6-2-1-3-7-15)16-10-12-24(13-11-16)21(26)19-14-22-17-8-4-5-9-18(17)23-19/h1-9,14,16,20,25H,10-13H2/t20-/m1/s1. The predicted octanol–water partition coefficient (Wildman–Crippen LogP) is 3.22. The monoisotopic (exact) mass is 347 g/mol. The first-order valence-electron chi connectivity index (χ1n) is 8.96. The Hall–Kier alpha value is -2.79. The minimum absolute atomic E-state index is 0.0871. The lowest BCUT2D eigenvalue weighted by Gasteiger charge is -2.34. The Morgan fingerprint density at radius 2 is 1.65 bits per heavy atom. The molecule has 1 atom stereocenters. The highest BCUT2D eigenvalue weighted by molar-refractivity contribution is 5.93. The van der Waals surface area contributed by atoms with Crippen LogP contribution in [0.3, 0.4) is 0 Å². The van der Waals surface area contributed by atoms with E-state index in [0.717, 1.165) is 29.4 Å². The number of para-hydroxylation sites is 2. The Bertz CT molecular complexity index is 905. The molecule has 1 saturated heterocycles. The van der Waals surface area contributed by atoms with Crippen molar-refractivity contribution in [3.05, 3.63) is 72.1 Å². The molecule has 1 amide bonds. The molecule has 3 aromatic rings. The molecule has 5 heteroatoms. The fourth-order valence-corrected chi connectivity index (χ4v) is 3.56. The van der Waals surface area contributed by atoms with Crippen LogP contribution in [0.15, 0.2) is 60.8 Å². The maximum Gasteiger partial charge on any atom is 0.274 e. The van der Waals surface area contributed by atoms with E-state index in [4.69, 9.17) is 0 Å². The second kappa shape index (κ2) is 7.22. The van der Waals surface area contributed by atoms with Crippen LogP contribution in [-0.2, 0) is 0 Å². The second-order valence-electron chi connectivity index (χ2n) is 6.73. The highest BCUT2D eigenvalue weighted by Crippen LogP contribution is 2.31. The molecule has 5 nitrogen and oxygen atoms in total. The number of hydrogen-bond donors (Lipinski definition) is 1. The number of aromatic nitrogens is 2. The molecule has 0 bridgehead atoms. The number of amides is 1. The molecular formula is C21H21N3O2. The number of nitrogens with zero attached hydrogens (tertiary/aromatic N) is 3. The maximum absolute atomic E-state index is 12.8. The molecule has 1 aliphatic heterocycles. The second-order valence-corrected chi connectivity index (χ2v) is 6.73. The summed E-state index contributed by atoms with van der Waals surface area (Å²) in [6.07, 6.45) is 2.63. The van der Waals surface area contributed by atoms with Crippen molar-refractivity contribution in [3.8, 4) is 0 Å². The average Bonchev–Trinajstić information content (AvgIpc) is 2.73. The number of carbonyl (C=O) groups excluding carboxylic acids is 1. The van der Waals surface area contributed by atoms with Crippen molar-refractivity contribution in [2.75, 3.05) is 13.1 Å². The Morgan fingerprint density at radius 1 is 1.00 bits per heavy atom. The van der Waals surface area contributed by atoms with Gasteiger partial charge in [0.05, 0.1) is 23.3 Å². The number of rotatable bonds is 3. The first kappa shape index (κ1) is 16.7. The summed E-state index contributed by atoms with van der Waals surface area (Å²) in [6.45, 7) is 1.25. The van der Waals surface area contributed by atoms with E-state index in [1.54, 1.807) is 6.20 Å². The minimum atomic E-state index is -0.478. The van der Waals surface area contributed by atoms with E-state index in [2.05, 4.69) is 9.97 Å². The van der Waals surface area contributed by atoms with Gasteiger partial charge in [-0.25, -0.2) is 4.98 Å². The van der Waals surface area contributed by atoms with Crippen molar-refractivity contribution in [2.45, 2.75) is 18.9 Å². The molecule has 4 rings (SSSR count). The summed E-state index contributed by atoms with van der Waals surface area (Å²) in [5.74, 6) is 0.0834. The minimum Gasteiger partial charge on any atom is -0.388 e. The zero-order valence-corrected chi connectivity index (χ0v) is 14.5. The molecule has 1 aromatic heterocycles. The number of benzene rings is 2. The summed E-state index contributed by atoms with van der Waals surface area (Å²) < 4.78 is 0. The number of likely N-dealkylation sites (tertiary alicyclic amines) is 1. The van der Waals surface area contributed by atoms with Crippen LogP contribution in [0, 0.1) is 5.92 Å². The van der Waals surface area contributed by atoms with Crippen molar-refractivity contribution in [1.29, 1.82) is 0 Å². The topological polar surface area (TPSA) is 66.3 Å². The third-order valence-corrected chi connectivity index (χ3v) is 5.08. The third kappa shape index (κ3) is 3.30. The summed E-state index contributed by atoms with van der Waals surface area (Å²) in [7, 11) is 0. The smallest absolute Gasteiger partial charge is 0.274 e. The molecule has 1 aliphatic rings. The normalized spacial score (nSPS) is 16.6. The first-order chi connectivity index (χ1) is 12.7. The summed E-state index contributed by atoms with van der Waals surface area (Å²) in [5.41, 5.74) is 2.84. The molecular weight excluding hydrogens is 326 g/mol. The van der Waals surface area contributed by atoms with Crippen LogP contribution in [0.25, 0.3) is 11.0 Å². The molecule has 26 heavy (non-hydrogen) atoms. The van der Waals surface area contributed by atoms with E-state index in [1.165, 1.54) is 0 Å². The van der Waals surface area contributed by atoms with E-state index in [1.807, 2.05) is 59.5 Å². The van der Waals surface area contributed by atoms with E-state index >= 15 is 0 Å². The molecule has 2 heterocycles. The van der Waals surface area contributed by atoms with Crippen LogP contribution in [0.2, 0.25) is 0 Å². The van der Waals surface area contributed by atoms with Gasteiger partial charge in [0.1, 0.15) is 5.69 Å². The van der Waals surface area contributed by atoms with Crippen molar-refractivity contribution in [2.24, 2.45) is 5.92 Å². The highest BCUT2D eigenvalue weighted by Gasteiger charge is 2.29. The van der Waals surface area contributed by atoms with Crippen LogP contribution in [0.1, 0.15) is 35.0 Å². The van der Waals surface area contributed by atoms with Gasteiger partial charge in [-0.05, 0) is 36.5 Å². The van der Waals surface area contributed by atoms with Crippen molar-refractivity contribution < 1.29 is 9.90 Å². The molecule has 0 radical (unpaired) electrons. The van der Waals surface area contributed by atoms with Crippen molar-refractivity contribution in [1.82, 2.24) is 14.9 Å². The lowest BCUT2D eigenvalue weighted by Crippen LogP contribution is -2.40. The summed E-state index contributed by atoms with van der Waals surface area (Å²) in [6, 6.07) is 17.3. The largest absolute Gasteiger partial charge is 0.388 e. The van der Waals surface area contributed by atoms with Crippen LogP contribution >= 0.6 is 0 Å². The van der Waals surface area contributed by atoms with Gasteiger partial charge in [0.2, 0.25) is 0 Å². The van der Waals surface area contributed by atoms with Gasteiger partial charge in [0.25, 0.3) is 5.91 Å². The SMILES string of the molecule is O=C(c1cnc2ccccc2n1)N1CCC([C@H](O)c2ccccc2)CC1.